The number of carbonyl (C=O) groups is 2. The van der Waals surface area contributed by atoms with Crippen molar-refractivity contribution < 1.29 is 14.3 Å². The average molecular weight is 366 g/mol. The molecule has 1 aromatic heterocycles. The average Bonchev–Trinajstić information content (AvgIpc) is 3.05. The molecule has 12 nitrogen and oxygen atoms in total. The molecule has 26 heavy (non-hydrogen) atoms. The van der Waals surface area contributed by atoms with Gasteiger partial charge in [-0.3, -0.25) is 4.79 Å². The Kier molecular flexibility index (Phi) is 6.35. The number of nitroso groups, excluding NO2 is 1. The SMILES string of the molecule is CC#CC(C)(C(=O)N(N)C(C)N=O)N(C(=O)OC(C)(C)C)c1nn[nH]n1. The van der Waals surface area contributed by atoms with Crippen LogP contribution in [0.4, 0.5) is 10.7 Å². The molecule has 1 heterocycles. The second-order valence-electron chi connectivity index (χ2n) is 6.42. The fourth-order valence-electron chi connectivity index (χ4n) is 1.94. The lowest BCUT2D eigenvalue weighted by Gasteiger charge is -2.36. The monoisotopic (exact) mass is 366 g/mol. The number of nitrogens with zero attached hydrogens (tertiary/aromatic N) is 6. The number of hydrogen-bond donors (Lipinski definition) is 2. The first-order valence-electron chi connectivity index (χ1n) is 7.59. The molecule has 0 aliphatic rings. The molecule has 0 aromatic carbocycles. The van der Waals surface area contributed by atoms with Crippen molar-refractivity contribution >= 4 is 17.9 Å². The van der Waals surface area contributed by atoms with Gasteiger partial charge in [-0.05, 0) is 51.9 Å². The van der Waals surface area contributed by atoms with Gasteiger partial charge < -0.3 is 4.74 Å². The molecular weight excluding hydrogens is 344 g/mol. The maximum absolute atomic E-state index is 12.9. The predicted octanol–water partition coefficient (Wildman–Crippen LogP) is 0.538. The smallest absolute Gasteiger partial charge is 0.419 e. The number of H-pyrrole nitrogens is 1. The standard InChI is InChI=1S/C14H22N8O4/c1-7-8-14(6,10(23)22(15)9(2)18-25)21(11-16-19-20-17-11)12(24)26-13(3,4)5/h9H,15H2,1-6H3,(H,16,17,19,20). The van der Waals surface area contributed by atoms with Gasteiger partial charge in [0, 0.05) is 0 Å². The van der Waals surface area contributed by atoms with Crippen molar-refractivity contribution in [3.8, 4) is 11.8 Å². The number of carbonyl (C=O) groups excluding carboxylic acids is 2. The van der Waals surface area contributed by atoms with Gasteiger partial charge in [0.1, 0.15) is 5.60 Å². The Balaban J connectivity index is 3.49. The van der Waals surface area contributed by atoms with Gasteiger partial charge in [-0.15, -0.1) is 15.9 Å². The lowest BCUT2D eigenvalue weighted by Crippen LogP contribution is -2.63. The van der Waals surface area contributed by atoms with E-state index in [-0.39, 0.29) is 5.95 Å². The molecule has 0 aliphatic carbocycles. The van der Waals surface area contributed by atoms with Gasteiger partial charge >= 0.3 is 6.09 Å². The quantitative estimate of drug-likeness (QED) is 0.251. The summed E-state index contributed by atoms with van der Waals surface area (Å²) in [6.45, 7) is 9.06. The van der Waals surface area contributed by atoms with E-state index in [1.807, 2.05) is 0 Å². The second-order valence-corrected chi connectivity index (χ2v) is 6.42. The third-order valence-electron chi connectivity index (χ3n) is 3.13. The number of tetrazole rings is 1. The summed E-state index contributed by atoms with van der Waals surface area (Å²) in [5.41, 5.74) is -2.75. The normalized spacial score (nSPS) is 14.3. The number of ether oxygens (including phenoxy) is 1. The highest BCUT2D eigenvalue weighted by Gasteiger charge is 2.48. The molecule has 0 bridgehead atoms. The molecule has 3 N–H and O–H groups in total. The highest BCUT2D eigenvalue weighted by atomic mass is 16.6. The predicted molar refractivity (Wildman–Crippen MR) is 91.0 cm³/mol. The molecular formula is C14H22N8O4. The van der Waals surface area contributed by atoms with Crippen LogP contribution in [0.15, 0.2) is 5.18 Å². The van der Waals surface area contributed by atoms with Gasteiger partial charge in [0.2, 0.25) is 0 Å². The number of amides is 2. The maximum atomic E-state index is 12.9. The van der Waals surface area contributed by atoms with Crippen molar-refractivity contribution in [1.29, 1.82) is 0 Å². The van der Waals surface area contributed by atoms with Crippen molar-refractivity contribution in [2.75, 3.05) is 4.90 Å². The number of aromatic nitrogens is 4. The van der Waals surface area contributed by atoms with E-state index in [9.17, 15) is 14.5 Å². The van der Waals surface area contributed by atoms with Crippen molar-refractivity contribution in [3.05, 3.63) is 4.91 Å². The summed E-state index contributed by atoms with van der Waals surface area (Å²) in [5, 5.41) is 16.3. The zero-order valence-corrected chi connectivity index (χ0v) is 15.5. The van der Waals surface area contributed by atoms with Gasteiger partial charge in [0.15, 0.2) is 11.7 Å². The molecule has 2 atom stereocenters. The molecule has 0 fully saturated rings. The van der Waals surface area contributed by atoms with Crippen LogP contribution in [0.2, 0.25) is 0 Å². The van der Waals surface area contributed by atoms with Crippen LogP contribution in [0.5, 0.6) is 0 Å². The minimum absolute atomic E-state index is 0.252. The summed E-state index contributed by atoms with van der Waals surface area (Å²) in [6, 6.07) is 0. The second kappa shape index (κ2) is 7.87. The Morgan fingerprint density at radius 2 is 1.96 bits per heavy atom. The van der Waals surface area contributed by atoms with Gasteiger partial charge in [-0.2, -0.15) is 5.21 Å². The molecule has 1 aromatic rings. The minimum atomic E-state index is -1.88. The highest BCUT2D eigenvalue weighted by molar-refractivity contribution is 6.02. The Hall–Kier alpha value is -3.07. The number of nitrogens with one attached hydrogen (secondary N) is 1. The number of rotatable bonds is 5. The Morgan fingerprint density at radius 3 is 2.38 bits per heavy atom. The third kappa shape index (κ3) is 4.51. The van der Waals surface area contributed by atoms with Gasteiger partial charge in [-0.1, -0.05) is 11.0 Å². The summed E-state index contributed by atoms with van der Waals surface area (Å²) in [7, 11) is 0. The Labute approximate surface area is 150 Å². The summed E-state index contributed by atoms with van der Waals surface area (Å²) in [4.78, 5) is 37.3. The van der Waals surface area contributed by atoms with Crippen LogP contribution in [0.3, 0.4) is 0 Å². The van der Waals surface area contributed by atoms with Crippen molar-refractivity contribution in [2.45, 2.75) is 58.8 Å². The minimum Gasteiger partial charge on any atom is -0.443 e. The lowest BCUT2D eigenvalue weighted by atomic mass is 9.99. The zero-order chi connectivity index (χ0) is 20.1. The van der Waals surface area contributed by atoms with Gasteiger partial charge in [0.25, 0.3) is 11.9 Å². The van der Waals surface area contributed by atoms with Crippen LogP contribution in [-0.2, 0) is 9.53 Å². The number of hydrogen-bond acceptors (Lipinski definition) is 9. The molecule has 2 amide bonds. The molecule has 142 valence electrons. The van der Waals surface area contributed by atoms with Gasteiger partial charge in [0.05, 0.1) is 0 Å². The Bertz CT molecular complexity index is 718. The van der Waals surface area contributed by atoms with Gasteiger partial charge in [-0.25, -0.2) is 20.5 Å². The fourth-order valence-corrected chi connectivity index (χ4v) is 1.94. The third-order valence-corrected chi connectivity index (χ3v) is 3.13. The van der Waals surface area contributed by atoms with Crippen LogP contribution in [-0.4, -0.2) is 54.9 Å². The van der Waals surface area contributed by atoms with E-state index in [0.717, 1.165) is 4.90 Å². The molecule has 0 aliphatic heterocycles. The Morgan fingerprint density at radius 1 is 1.35 bits per heavy atom. The molecule has 0 saturated heterocycles. The molecule has 0 radical (unpaired) electrons. The number of nitrogens with two attached hydrogens (primary N) is 1. The molecule has 0 spiro atoms. The van der Waals surface area contributed by atoms with E-state index < -0.39 is 29.3 Å². The van der Waals surface area contributed by atoms with E-state index in [1.54, 1.807) is 20.8 Å². The molecule has 1 rings (SSSR count). The first-order chi connectivity index (χ1) is 12.0. The number of anilines is 1. The van der Waals surface area contributed by atoms with Crippen molar-refractivity contribution in [2.24, 2.45) is 11.0 Å². The fraction of sp³-hybridized carbons (Fsp3) is 0.643. The summed E-state index contributed by atoms with van der Waals surface area (Å²) >= 11 is 0. The first-order valence-corrected chi connectivity index (χ1v) is 7.59. The van der Waals surface area contributed by atoms with Crippen LogP contribution in [0, 0.1) is 16.7 Å². The summed E-state index contributed by atoms with van der Waals surface area (Å²) < 4.78 is 5.33. The number of hydrazine groups is 1. The van der Waals surface area contributed by atoms with E-state index in [2.05, 4.69) is 37.6 Å². The van der Waals surface area contributed by atoms with E-state index in [4.69, 9.17) is 10.6 Å². The van der Waals surface area contributed by atoms with E-state index >= 15 is 0 Å². The first kappa shape index (κ1) is 21.0. The number of aromatic amines is 1. The van der Waals surface area contributed by atoms with E-state index in [0.29, 0.717) is 5.01 Å². The maximum Gasteiger partial charge on any atom is 0.419 e. The van der Waals surface area contributed by atoms with Crippen molar-refractivity contribution in [1.82, 2.24) is 25.6 Å². The van der Waals surface area contributed by atoms with Crippen LogP contribution in [0.1, 0.15) is 41.5 Å². The molecule has 12 heteroatoms. The van der Waals surface area contributed by atoms with Crippen molar-refractivity contribution in [3.63, 3.8) is 0 Å². The highest BCUT2D eigenvalue weighted by Crippen LogP contribution is 2.25. The summed E-state index contributed by atoms with van der Waals surface area (Å²) in [5.74, 6) is 9.73. The molecule has 2 unspecified atom stereocenters. The zero-order valence-electron chi connectivity index (χ0n) is 15.5. The van der Waals surface area contributed by atoms with E-state index in [1.165, 1.54) is 20.8 Å². The summed E-state index contributed by atoms with van der Waals surface area (Å²) in [6.07, 6.45) is -2.14. The lowest BCUT2D eigenvalue weighted by molar-refractivity contribution is -0.136. The largest absolute Gasteiger partial charge is 0.443 e. The van der Waals surface area contributed by atoms with Crippen LogP contribution < -0.4 is 10.7 Å². The van der Waals surface area contributed by atoms with Crippen LogP contribution in [0.25, 0.3) is 0 Å². The topological polar surface area (TPSA) is 160 Å². The molecule has 0 saturated carbocycles. The van der Waals surface area contributed by atoms with Crippen LogP contribution >= 0.6 is 0 Å².